The van der Waals surface area contributed by atoms with Gasteiger partial charge in [0.2, 0.25) is 0 Å². The molecule has 10 heteroatoms. The molecule has 0 radical (unpaired) electrons. The SMILES string of the molecule is CCOC(=O)C1=C(O)C2=NN(C)c3cnn(C)c(=O)c3C2(C(=O)OCC)C1. The first kappa shape index (κ1) is 18.6. The van der Waals surface area contributed by atoms with Gasteiger partial charge in [0.15, 0.2) is 11.2 Å². The highest BCUT2D eigenvalue weighted by Gasteiger charge is 2.60. The van der Waals surface area contributed by atoms with Crippen molar-refractivity contribution in [3.63, 3.8) is 0 Å². The van der Waals surface area contributed by atoms with E-state index < -0.39 is 28.7 Å². The van der Waals surface area contributed by atoms with E-state index in [-0.39, 0.29) is 36.5 Å². The Morgan fingerprint density at radius 1 is 1.26 bits per heavy atom. The van der Waals surface area contributed by atoms with Crippen LogP contribution in [-0.4, -0.2) is 52.8 Å². The van der Waals surface area contributed by atoms with Crippen LogP contribution in [0.25, 0.3) is 0 Å². The number of hydrogen-bond acceptors (Lipinski definition) is 9. The summed E-state index contributed by atoms with van der Waals surface area (Å²) in [7, 11) is 3.00. The van der Waals surface area contributed by atoms with Gasteiger partial charge in [-0.3, -0.25) is 14.6 Å². The van der Waals surface area contributed by atoms with E-state index in [9.17, 15) is 19.5 Å². The molecule has 1 aliphatic carbocycles. The number of ether oxygens (including phenoxy) is 2. The monoisotopic (exact) mass is 376 g/mol. The average molecular weight is 376 g/mol. The van der Waals surface area contributed by atoms with Crippen LogP contribution in [0.2, 0.25) is 0 Å². The van der Waals surface area contributed by atoms with E-state index in [0.29, 0.717) is 5.69 Å². The number of esters is 2. The number of hydrogen-bond donors (Lipinski definition) is 1. The van der Waals surface area contributed by atoms with Crippen molar-refractivity contribution in [2.24, 2.45) is 12.1 Å². The number of anilines is 1. The number of hydrazone groups is 1. The van der Waals surface area contributed by atoms with Crippen molar-refractivity contribution in [3.05, 3.63) is 33.4 Å². The molecule has 1 aliphatic heterocycles. The largest absolute Gasteiger partial charge is 0.505 e. The normalized spacial score (nSPS) is 20.7. The number of fused-ring (bicyclic) bond motifs is 3. The molecule has 144 valence electrons. The first-order valence-corrected chi connectivity index (χ1v) is 8.46. The molecule has 2 aliphatic rings. The molecule has 3 rings (SSSR count). The predicted molar refractivity (Wildman–Crippen MR) is 94.5 cm³/mol. The van der Waals surface area contributed by atoms with Gasteiger partial charge in [0, 0.05) is 20.5 Å². The minimum atomic E-state index is -1.73. The van der Waals surface area contributed by atoms with Gasteiger partial charge in [0.1, 0.15) is 5.71 Å². The number of aromatic nitrogens is 2. The van der Waals surface area contributed by atoms with Gasteiger partial charge in [0.05, 0.1) is 36.2 Å². The van der Waals surface area contributed by atoms with Gasteiger partial charge in [-0.1, -0.05) is 0 Å². The van der Waals surface area contributed by atoms with Crippen molar-refractivity contribution in [2.45, 2.75) is 25.7 Å². The summed E-state index contributed by atoms with van der Waals surface area (Å²) >= 11 is 0. The summed E-state index contributed by atoms with van der Waals surface area (Å²) < 4.78 is 11.3. The molecule has 1 atom stereocenters. The van der Waals surface area contributed by atoms with Gasteiger partial charge in [-0.05, 0) is 13.8 Å². The Morgan fingerprint density at radius 3 is 2.56 bits per heavy atom. The molecule has 2 heterocycles. The molecule has 1 N–H and O–H groups in total. The van der Waals surface area contributed by atoms with E-state index in [0.717, 1.165) is 4.68 Å². The maximum absolute atomic E-state index is 13.0. The minimum absolute atomic E-state index is 0.0526. The van der Waals surface area contributed by atoms with Crippen LogP contribution in [0, 0.1) is 0 Å². The zero-order chi connectivity index (χ0) is 19.9. The summed E-state index contributed by atoms with van der Waals surface area (Å²) in [5.41, 5.74) is -2.16. The third-order valence-electron chi connectivity index (χ3n) is 4.64. The molecule has 1 aromatic rings. The number of aliphatic hydroxyl groups excluding tert-OH is 1. The highest BCUT2D eigenvalue weighted by atomic mass is 16.5. The molecule has 10 nitrogen and oxygen atoms in total. The predicted octanol–water partition coefficient (Wildman–Crippen LogP) is 0.166. The van der Waals surface area contributed by atoms with E-state index in [2.05, 4.69) is 10.2 Å². The van der Waals surface area contributed by atoms with Crippen molar-refractivity contribution in [1.82, 2.24) is 9.78 Å². The first-order valence-electron chi connectivity index (χ1n) is 8.46. The van der Waals surface area contributed by atoms with Crippen LogP contribution in [0.4, 0.5) is 5.69 Å². The van der Waals surface area contributed by atoms with Crippen LogP contribution in [0.1, 0.15) is 25.8 Å². The highest BCUT2D eigenvalue weighted by Crippen LogP contribution is 2.47. The lowest BCUT2D eigenvalue weighted by Crippen LogP contribution is -2.51. The third kappa shape index (κ3) is 2.51. The van der Waals surface area contributed by atoms with Crippen molar-refractivity contribution in [2.75, 3.05) is 25.3 Å². The molecule has 0 aromatic carbocycles. The lowest BCUT2D eigenvalue weighted by Gasteiger charge is -2.35. The lowest BCUT2D eigenvalue weighted by atomic mass is 9.75. The number of aryl methyl sites for hydroxylation is 1. The zero-order valence-corrected chi connectivity index (χ0v) is 15.5. The van der Waals surface area contributed by atoms with Gasteiger partial charge >= 0.3 is 11.9 Å². The molecule has 0 spiro atoms. The zero-order valence-electron chi connectivity index (χ0n) is 15.5. The van der Waals surface area contributed by atoms with E-state index in [1.54, 1.807) is 20.9 Å². The van der Waals surface area contributed by atoms with Gasteiger partial charge in [-0.25, -0.2) is 9.48 Å². The quantitative estimate of drug-likeness (QED) is 0.738. The standard InChI is InChI=1S/C17H20N4O6/c1-5-26-15(24)9-7-17(16(25)27-6-2)11-10(8-18-21(4)14(11)23)20(3)19-13(17)12(9)22/h8,22H,5-7H2,1-4H3. The van der Waals surface area contributed by atoms with Crippen molar-refractivity contribution in [1.29, 1.82) is 0 Å². The Labute approximate surface area is 154 Å². The number of allylic oxidation sites excluding steroid dienone is 1. The van der Waals surface area contributed by atoms with Gasteiger partial charge < -0.3 is 14.6 Å². The Bertz CT molecular complexity index is 947. The maximum Gasteiger partial charge on any atom is 0.337 e. The van der Waals surface area contributed by atoms with E-state index >= 15 is 0 Å². The van der Waals surface area contributed by atoms with Gasteiger partial charge in [0.25, 0.3) is 5.56 Å². The number of nitrogens with zero attached hydrogens (tertiary/aromatic N) is 4. The van der Waals surface area contributed by atoms with Crippen LogP contribution < -0.4 is 10.6 Å². The van der Waals surface area contributed by atoms with Crippen LogP contribution in [0.5, 0.6) is 0 Å². The van der Waals surface area contributed by atoms with Crippen LogP contribution in [0.3, 0.4) is 0 Å². The fourth-order valence-electron chi connectivity index (χ4n) is 3.41. The first-order chi connectivity index (χ1) is 12.8. The second-order valence-corrected chi connectivity index (χ2v) is 6.16. The summed E-state index contributed by atoms with van der Waals surface area (Å²) in [5, 5.41) is 20.2. The number of rotatable bonds is 4. The Morgan fingerprint density at radius 2 is 1.93 bits per heavy atom. The molecule has 0 fully saturated rings. The fourth-order valence-corrected chi connectivity index (χ4v) is 3.41. The summed E-state index contributed by atoms with van der Waals surface area (Å²) in [6, 6.07) is 0. The number of aliphatic hydroxyl groups is 1. The van der Waals surface area contributed by atoms with Crippen LogP contribution in [-0.2, 0) is 31.5 Å². The topological polar surface area (TPSA) is 123 Å². The van der Waals surface area contributed by atoms with E-state index in [1.165, 1.54) is 18.3 Å². The second-order valence-electron chi connectivity index (χ2n) is 6.16. The maximum atomic E-state index is 13.0. The summed E-state index contributed by atoms with van der Waals surface area (Å²) in [6.45, 7) is 3.40. The highest BCUT2D eigenvalue weighted by molar-refractivity contribution is 6.25. The summed E-state index contributed by atoms with van der Waals surface area (Å²) in [4.78, 5) is 38.3. The lowest BCUT2D eigenvalue weighted by molar-refractivity contribution is -0.147. The third-order valence-corrected chi connectivity index (χ3v) is 4.64. The van der Waals surface area contributed by atoms with E-state index in [4.69, 9.17) is 9.47 Å². The summed E-state index contributed by atoms with van der Waals surface area (Å²) in [6.07, 6.45) is 1.12. The van der Waals surface area contributed by atoms with Crippen LogP contribution >= 0.6 is 0 Å². The molecule has 1 aromatic heterocycles. The molecule has 0 saturated heterocycles. The molecule has 0 amide bonds. The molecule has 27 heavy (non-hydrogen) atoms. The van der Waals surface area contributed by atoms with Crippen molar-refractivity contribution >= 4 is 23.3 Å². The molecular formula is C17H20N4O6. The fraction of sp³-hybridized carbons (Fsp3) is 0.471. The molecular weight excluding hydrogens is 356 g/mol. The minimum Gasteiger partial charge on any atom is -0.505 e. The molecule has 1 unspecified atom stereocenters. The Hall–Kier alpha value is -3.17. The van der Waals surface area contributed by atoms with Crippen molar-refractivity contribution in [3.8, 4) is 0 Å². The average Bonchev–Trinajstić information content (AvgIpc) is 2.92. The second kappa shape index (κ2) is 6.53. The Balaban J connectivity index is 2.31. The summed E-state index contributed by atoms with van der Waals surface area (Å²) in [5.74, 6) is -2.02. The van der Waals surface area contributed by atoms with Crippen LogP contribution in [0.15, 0.2) is 27.4 Å². The molecule has 0 bridgehead atoms. The van der Waals surface area contributed by atoms with E-state index in [1.807, 2.05) is 0 Å². The number of carbonyl (C=O) groups excluding carboxylic acids is 2. The van der Waals surface area contributed by atoms with Gasteiger partial charge in [-0.2, -0.15) is 10.2 Å². The molecule has 0 saturated carbocycles. The number of carbonyl (C=O) groups is 2. The smallest absolute Gasteiger partial charge is 0.337 e. The Kier molecular flexibility index (Phi) is 4.50. The van der Waals surface area contributed by atoms with Crippen molar-refractivity contribution < 1.29 is 24.2 Å². The van der Waals surface area contributed by atoms with Gasteiger partial charge in [-0.15, -0.1) is 0 Å².